The van der Waals surface area contributed by atoms with E-state index in [0.717, 1.165) is 25.7 Å². The van der Waals surface area contributed by atoms with Gasteiger partial charge in [-0.2, -0.15) is 0 Å². The first-order valence-electron chi connectivity index (χ1n) is 6.86. The van der Waals surface area contributed by atoms with Crippen molar-refractivity contribution in [2.75, 3.05) is 0 Å². The van der Waals surface area contributed by atoms with E-state index in [9.17, 15) is 9.90 Å². The molecule has 0 unspecified atom stereocenters. The molecule has 0 radical (unpaired) electrons. The van der Waals surface area contributed by atoms with Crippen LogP contribution in [0.25, 0.3) is 0 Å². The van der Waals surface area contributed by atoms with E-state index in [2.05, 4.69) is 5.32 Å². The van der Waals surface area contributed by atoms with Gasteiger partial charge in [0.15, 0.2) is 0 Å². The molecule has 1 amide bonds. The Bertz CT molecular complexity index is 288. The molecule has 0 heterocycles. The third-order valence-corrected chi connectivity index (χ3v) is 3.39. The topological polar surface area (TPSA) is 58.6 Å². The second-order valence-electron chi connectivity index (χ2n) is 6.68. The molecule has 1 aliphatic carbocycles. The highest BCUT2D eigenvalue weighted by Gasteiger charge is 2.42. The van der Waals surface area contributed by atoms with E-state index < -0.39 is 17.3 Å². The fraction of sp³-hybridized carbons (Fsp3) is 0.929. The molecule has 4 nitrogen and oxygen atoms in total. The fourth-order valence-electron chi connectivity index (χ4n) is 2.65. The van der Waals surface area contributed by atoms with E-state index in [1.165, 1.54) is 0 Å². The van der Waals surface area contributed by atoms with Crippen molar-refractivity contribution in [2.45, 2.75) is 77.5 Å². The third kappa shape index (κ3) is 4.16. The van der Waals surface area contributed by atoms with Crippen LogP contribution in [0.4, 0.5) is 4.79 Å². The molecule has 106 valence electrons. The van der Waals surface area contributed by atoms with Crippen LogP contribution in [0.1, 0.15) is 60.3 Å². The molecule has 18 heavy (non-hydrogen) atoms. The highest BCUT2D eigenvalue weighted by Crippen LogP contribution is 2.35. The van der Waals surface area contributed by atoms with E-state index in [1.807, 2.05) is 34.6 Å². The van der Waals surface area contributed by atoms with E-state index >= 15 is 0 Å². The quantitative estimate of drug-likeness (QED) is 0.817. The molecule has 0 bridgehead atoms. The molecule has 0 aromatic heterocycles. The van der Waals surface area contributed by atoms with Gasteiger partial charge in [-0.15, -0.1) is 0 Å². The van der Waals surface area contributed by atoms with Gasteiger partial charge in [-0.25, -0.2) is 4.79 Å². The van der Waals surface area contributed by atoms with Crippen molar-refractivity contribution in [3.05, 3.63) is 0 Å². The van der Waals surface area contributed by atoms with E-state index in [4.69, 9.17) is 4.74 Å². The molecule has 0 aliphatic heterocycles. The minimum absolute atomic E-state index is 0.181. The van der Waals surface area contributed by atoms with Crippen molar-refractivity contribution >= 4 is 6.09 Å². The molecule has 0 aromatic carbocycles. The number of aliphatic hydroxyl groups is 1. The van der Waals surface area contributed by atoms with Gasteiger partial charge in [0, 0.05) is 0 Å². The van der Waals surface area contributed by atoms with Gasteiger partial charge in [-0.1, -0.05) is 26.7 Å². The Balaban J connectivity index is 2.67. The average molecular weight is 257 g/mol. The van der Waals surface area contributed by atoms with Crippen LogP contribution in [0.5, 0.6) is 0 Å². The zero-order valence-corrected chi connectivity index (χ0v) is 12.2. The summed E-state index contributed by atoms with van der Waals surface area (Å²) in [4.78, 5) is 11.8. The first kappa shape index (κ1) is 15.3. The summed E-state index contributed by atoms with van der Waals surface area (Å²) in [5, 5.41) is 13.4. The highest BCUT2D eigenvalue weighted by molar-refractivity contribution is 5.68. The molecule has 2 N–H and O–H groups in total. The van der Waals surface area contributed by atoms with Gasteiger partial charge in [0.25, 0.3) is 0 Å². The summed E-state index contributed by atoms with van der Waals surface area (Å²) in [6.45, 7) is 9.53. The Kier molecular flexibility index (Phi) is 4.65. The van der Waals surface area contributed by atoms with E-state index in [1.54, 1.807) is 0 Å². The number of ether oxygens (including phenoxy) is 1. The predicted molar refractivity (Wildman–Crippen MR) is 71.4 cm³/mol. The molecule has 1 saturated carbocycles. The molecule has 1 fully saturated rings. The summed E-state index contributed by atoms with van der Waals surface area (Å²) in [6.07, 6.45) is 3.12. The Morgan fingerprint density at radius 2 is 1.78 bits per heavy atom. The van der Waals surface area contributed by atoms with Crippen LogP contribution in [0.15, 0.2) is 0 Å². The van der Waals surface area contributed by atoms with Crippen LogP contribution in [0, 0.1) is 5.92 Å². The number of hydrogen-bond acceptors (Lipinski definition) is 3. The highest BCUT2D eigenvalue weighted by atomic mass is 16.6. The van der Waals surface area contributed by atoms with Gasteiger partial charge < -0.3 is 15.2 Å². The molecule has 0 spiro atoms. The maximum Gasteiger partial charge on any atom is 0.407 e. The van der Waals surface area contributed by atoms with Crippen molar-refractivity contribution in [2.24, 2.45) is 5.92 Å². The minimum Gasteiger partial charge on any atom is -0.444 e. The first-order chi connectivity index (χ1) is 8.14. The maximum absolute atomic E-state index is 11.8. The van der Waals surface area contributed by atoms with Gasteiger partial charge in [-0.3, -0.25) is 0 Å². The second-order valence-corrected chi connectivity index (χ2v) is 6.68. The lowest BCUT2D eigenvalue weighted by Gasteiger charge is -2.36. The smallest absolute Gasteiger partial charge is 0.407 e. The van der Waals surface area contributed by atoms with Crippen molar-refractivity contribution < 1.29 is 14.6 Å². The van der Waals surface area contributed by atoms with Gasteiger partial charge in [0.2, 0.25) is 0 Å². The van der Waals surface area contributed by atoms with Crippen LogP contribution in [-0.2, 0) is 4.74 Å². The van der Waals surface area contributed by atoms with Gasteiger partial charge >= 0.3 is 6.09 Å². The van der Waals surface area contributed by atoms with Crippen LogP contribution < -0.4 is 5.32 Å². The van der Waals surface area contributed by atoms with Gasteiger partial charge in [0.1, 0.15) is 5.60 Å². The minimum atomic E-state index is -0.773. The summed E-state index contributed by atoms with van der Waals surface area (Å²) in [5.74, 6) is 0.181. The Morgan fingerprint density at radius 1 is 1.28 bits per heavy atom. The zero-order chi connectivity index (χ0) is 14.0. The number of nitrogens with one attached hydrogen (secondary N) is 1. The van der Waals surface area contributed by atoms with E-state index in [-0.39, 0.29) is 12.0 Å². The zero-order valence-electron chi connectivity index (χ0n) is 12.2. The lowest BCUT2D eigenvalue weighted by atomic mass is 9.85. The van der Waals surface area contributed by atoms with Crippen LogP contribution in [0.2, 0.25) is 0 Å². The Morgan fingerprint density at radius 3 is 2.17 bits per heavy atom. The van der Waals surface area contributed by atoms with Crippen LogP contribution in [-0.4, -0.2) is 28.4 Å². The lowest BCUT2D eigenvalue weighted by Crippen LogP contribution is -2.55. The summed E-state index contributed by atoms with van der Waals surface area (Å²) in [5.41, 5.74) is -1.28. The molecule has 1 aliphatic rings. The molecule has 1 atom stereocenters. The number of hydrogen-bond donors (Lipinski definition) is 2. The monoisotopic (exact) mass is 257 g/mol. The summed E-state index contributed by atoms with van der Waals surface area (Å²) in [7, 11) is 0. The average Bonchev–Trinajstić information content (AvgIpc) is 2.59. The number of rotatable bonds is 3. The molecular formula is C14H27NO3. The first-order valence-corrected chi connectivity index (χ1v) is 6.86. The molecule has 0 saturated heterocycles. The third-order valence-electron chi connectivity index (χ3n) is 3.39. The van der Waals surface area contributed by atoms with Crippen molar-refractivity contribution in [1.29, 1.82) is 0 Å². The fourth-order valence-corrected chi connectivity index (χ4v) is 2.65. The molecule has 4 heteroatoms. The van der Waals surface area contributed by atoms with Crippen molar-refractivity contribution in [3.63, 3.8) is 0 Å². The largest absolute Gasteiger partial charge is 0.444 e. The predicted octanol–water partition coefficient (Wildman–Crippen LogP) is 2.84. The number of amides is 1. The number of alkyl carbamates (subject to hydrolysis) is 1. The van der Waals surface area contributed by atoms with Crippen LogP contribution in [0.3, 0.4) is 0 Å². The standard InChI is InChI=1S/C14H27NO3/c1-10(2)11(14(17)8-6-7-9-14)15-12(16)18-13(3,4)5/h10-11,17H,6-9H2,1-5H3,(H,15,16)/t11-/m0/s1. The summed E-state index contributed by atoms with van der Waals surface area (Å²) >= 11 is 0. The number of carbonyl (C=O) groups excluding carboxylic acids is 1. The Hall–Kier alpha value is -0.770. The number of carbonyl (C=O) groups is 1. The Labute approximate surface area is 110 Å². The molecular weight excluding hydrogens is 230 g/mol. The SMILES string of the molecule is CC(C)[C@H](NC(=O)OC(C)(C)C)C1(O)CCCC1. The summed E-state index contributed by atoms with van der Waals surface area (Å²) in [6, 6.07) is -0.241. The molecule has 1 rings (SSSR count). The molecule has 0 aromatic rings. The summed E-state index contributed by atoms with van der Waals surface area (Å²) < 4.78 is 5.26. The van der Waals surface area contributed by atoms with E-state index in [0.29, 0.717) is 0 Å². The van der Waals surface area contributed by atoms with Gasteiger partial charge in [-0.05, 0) is 39.5 Å². The van der Waals surface area contributed by atoms with Gasteiger partial charge in [0.05, 0.1) is 11.6 Å². The normalized spacial score (nSPS) is 20.8. The maximum atomic E-state index is 11.8. The van der Waals surface area contributed by atoms with Crippen molar-refractivity contribution in [1.82, 2.24) is 5.32 Å². The second kappa shape index (κ2) is 5.47. The lowest BCUT2D eigenvalue weighted by molar-refractivity contribution is -0.0158. The van der Waals surface area contributed by atoms with Crippen LogP contribution >= 0.6 is 0 Å². The van der Waals surface area contributed by atoms with Crippen molar-refractivity contribution in [3.8, 4) is 0 Å².